The lowest BCUT2D eigenvalue weighted by Gasteiger charge is -2.22. The van der Waals surface area contributed by atoms with Crippen LogP contribution in [0.2, 0.25) is 0 Å². The Morgan fingerprint density at radius 3 is 2.25 bits per heavy atom. The van der Waals surface area contributed by atoms with Gasteiger partial charge in [0.25, 0.3) is 0 Å². The van der Waals surface area contributed by atoms with Crippen LogP contribution in [0.1, 0.15) is 11.6 Å². The van der Waals surface area contributed by atoms with Gasteiger partial charge in [0.05, 0.1) is 0 Å². The normalized spacial score (nSPS) is 13.3. The molecule has 0 radical (unpaired) electrons. The van der Waals surface area contributed by atoms with Crippen LogP contribution < -0.4 is 5.73 Å². The van der Waals surface area contributed by atoms with Crippen molar-refractivity contribution < 1.29 is 0 Å². The molecule has 0 saturated heterocycles. The first-order valence-electron chi connectivity index (χ1n) is 4.17. The first kappa shape index (κ1) is 9.23. The Kier molecular flexibility index (Phi) is 3.26. The van der Waals surface area contributed by atoms with Gasteiger partial charge in [-0.2, -0.15) is 0 Å². The molecule has 1 rings (SSSR count). The monoisotopic (exact) mass is 164 g/mol. The predicted molar refractivity (Wildman–Crippen MR) is 51.9 cm³/mol. The highest BCUT2D eigenvalue weighted by Gasteiger charge is 2.09. The second-order valence-corrected chi connectivity index (χ2v) is 3.13. The Morgan fingerprint density at radius 1 is 1.25 bits per heavy atom. The van der Waals surface area contributed by atoms with Crippen molar-refractivity contribution in [2.45, 2.75) is 6.04 Å². The molecule has 0 unspecified atom stereocenters. The summed E-state index contributed by atoms with van der Waals surface area (Å²) in [6, 6.07) is 10.7. The molecule has 2 N–H and O–H groups in total. The molecule has 0 bridgehead atoms. The smallest absolute Gasteiger partial charge is 0.0464 e. The van der Waals surface area contributed by atoms with Gasteiger partial charge in [0.1, 0.15) is 0 Å². The van der Waals surface area contributed by atoms with E-state index in [1.54, 1.807) is 0 Å². The highest BCUT2D eigenvalue weighted by atomic mass is 15.1. The summed E-state index contributed by atoms with van der Waals surface area (Å²) in [7, 11) is 4.09. The zero-order chi connectivity index (χ0) is 8.97. The number of hydrogen-bond donors (Lipinski definition) is 1. The molecular formula is C10H16N2. The van der Waals surface area contributed by atoms with Crippen LogP contribution in [0.3, 0.4) is 0 Å². The Hall–Kier alpha value is -0.860. The van der Waals surface area contributed by atoms with E-state index < -0.39 is 0 Å². The van der Waals surface area contributed by atoms with Crippen LogP contribution in [0.25, 0.3) is 0 Å². The topological polar surface area (TPSA) is 29.3 Å². The van der Waals surface area contributed by atoms with E-state index in [9.17, 15) is 0 Å². The number of nitrogens with two attached hydrogens (primary N) is 1. The largest absolute Gasteiger partial charge is 0.329 e. The fraction of sp³-hybridized carbons (Fsp3) is 0.400. The van der Waals surface area contributed by atoms with Gasteiger partial charge in [0, 0.05) is 12.6 Å². The van der Waals surface area contributed by atoms with E-state index in [-0.39, 0.29) is 0 Å². The SMILES string of the molecule is CN(C)[C@H](CN)c1ccccc1. The second-order valence-electron chi connectivity index (χ2n) is 3.13. The number of nitrogens with zero attached hydrogens (tertiary/aromatic N) is 1. The minimum Gasteiger partial charge on any atom is -0.329 e. The third kappa shape index (κ3) is 2.06. The summed E-state index contributed by atoms with van der Waals surface area (Å²) in [5, 5.41) is 0. The summed E-state index contributed by atoms with van der Waals surface area (Å²) in [4.78, 5) is 2.13. The predicted octanol–water partition coefficient (Wildman–Crippen LogP) is 1.25. The first-order valence-corrected chi connectivity index (χ1v) is 4.17. The Bertz CT molecular complexity index is 219. The van der Waals surface area contributed by atoms with Gasteiger partial charge in [-0.15, -0.1) is 0 Å². The van der Waals surface area contributed by atoms with E-state index in [0.717, 1.165) is 0 Å². The number of likely N-dealkylation sites (N-methyl/N-ethyl adjacent to an activating group) is 1. The van der Waals surface area contributed by atoms with Crippen molar-refractivity contribution in [1.29, 1.82) is 0 Å². The molecule has 2 heteroatoms. The Morgan fingerprint density at radius 2 is 1.83 bits per heavy atom. The van der Waals surface area contributed by atoms with E-state index in [0.29, 0.717) is 12.6 Å². The van der Waals surface area contributed by atoms with Crippen molar-refractivity contribution in [2.75, 3.05) is 20.6 Å². The molecule has 0 spiro atoms. The van der Waals surface area contributed by atoms with Crippen molar-refractivity contribution >= 4 is 0 Å². The molecule has 2 nitrogen and oxygen atoms in total. The van der Waals surface area contributed by atoms with Crippen molar-refractivity contribution in [3.05, 3.63) is 35.9 Å². The first-order chi connectivity index (χ1) is 5.75. The Balaban J connectivity index is 2.80. The minimum atomic E-state index is 0.339. The van der Waals surface area contributed by atoms with Crippen LogP contribution in [0.5, 0.6) is 0 Å². The summed E-state index contributed by atoms with van der Waals surface area (Å²) < 4.78 is 0. The number of hydrogen-bond acceptors (Lipinski definition) is 2. The van der Waals surface area contributed by atoms with Gasteiger partial charge >= 0.3 is 0 Å². The van der Waals surface area contributed by atoms with Gasteiger partial charge in [-0.25, -0.2) is 0 Å². The highest BCUT2D eigenvalue weighted by Crippen LogP contribution is 2.15. The van der Waals surface area contributed by atoms with Crippen LogP contribution in [-0.4, -0.2) is 25.5 Å². The van der Waals surface area contributed by atoms with Gasteiger partial charge in [0.15, 0.2) is 0 Å². The average Bonchev–Trinajstić information content (AvgIpc) is 2.07. The van der Waals surface area contributed by atoms with Crippen molar-refractivity contribution in [3.63, 3.8) is 0 Å². The van der Waals surface area contributed by atoms with Crippen LogP contribution in [0.4, 0.5) is 0 Å². The molecule has 0 aliphatic heterocycles. The van der Waals surface area contributed by atoms with Crippen LogP contribution in [0.15, 0.2) is 30.3 Å². The van der Waals surface area contributed by atoms with E-state index in [2.05, 4.69) is 17.0 Å². The maximum Gasteiger partial charge on any atom is 0.0464 e. The molecular weight excluding hydrogens is 148 g/mol. The molecule has 1 atom stereocenters. The lowest BCUT2D eigenvalue weighted by Crippen LogP contribution is -2.26. The molecule has 0 saturated carbocycles. The fourth-order valence-electron chi connectivity index (χ4n) is 1.32. The van der Waals surface area contributed by atoms with E-state index in [4.69, 9.17) is 5.73 Å². The van der Waals surface area contributed by atoms with Gasteiger partial charge in [-0.1, -0.05) is 30.3 Å². The van der Waals surface area contributed by atoms with Crippen molar-refractivity contribution in [2.24, 2.45) is 5.73 Å². The Labute approximate surface area is 74.0 Å². The molecule has 12 heavy (non-hydrogen) atoms. The maximum absolute atomic E-state index is 5.66. The van der Waals surface area contributed by atoms with Gasteiger partial charge < -0.3 is 10.6 Å². The highest BCUT2D eigenvalue weighted by molar-refractivity contribution is 5.19. The summed E-state index contributed by atoms with van der Waals surface area (Å²) >= 11 is 0. The van der Waals surface area contributed by atoms with Crippen molar-refractivity contribution in [1.82, 2.24) is 4.90 Å². The number of benzene rings is 1. The van der Waals surface area contributed by atoms with Crippen LogP contribution in [0, 0.1) is 0 Å². The molecule has 1 aromatic carbocycles. The minimum absolute atomic E-state index is 0.339. The van der Waals surface area contributed by atoms with Crippen LogP contribution >= 0.6 is 0 Å². The molecule has 0 amide bonds. The molecule has 66 valence electrons. The molecule has 0 heterocycles. The zero-order valence-electron chi connectivity index (χ0n) is 7.70. The third-order valence-electron chi connectivity index (χ3n) is 2.03. The van der Waals surface area contributed by atoms with E-state index >= 15 is 0 Å². The lowest BCUT2D eigenvalue weighted by molar-refractivity contribution is 0.306. The molecule has 1 aromatic rings. The summed E-state index contributed by atoms with van der Waals surface area (Å²) in [5.41, 5.74) is 6.95. The fourth-order valence-corrected chi connectivity index (χ4v) is 1.32. The standard InChI is InChI=1S/C10H16N2/c1-12(2)10(8-11)9-6-4-3-5-7-9/h3-7,10H,8,11H2,1-2H3/t10-/m1/s1. The molecule has 0 aliphatic carbocycles. The average molecular weight is 164 g/mol. The van der Waals surface area contributed by atoms with E-state index in [1.807, 2.05) is 32.3 Å². The van der Waals surface area contributed by atoms with Crippen molar-refractivity contribution in [3.8, 4) is 0 Å². The zero-order valence-corrected chi connectivity index (χ0v) is 7.70. The van der Waals surface area contributed by atoms with Gasteiger partial charge in [0.2, 0.25) is 0 Å². The quantitative estimate of drug-likeness (QED) is 0.728. The molecule has 0 aromatic heterocycles. The molecule has 0 fully saturated rings. The van der Waals surface area contributed by atoms with Gasteiger partial charge in [-0.3, -0.25) is 0 Å². The summed E-state index contributed by atoms with van der Waals surface area (Å²) in [6.07, 6.45) is 0. The second kappa shape index (κ2) is 4.24. The van der Waals surface area contributed by atoms with E-state index in [1.165, 1.54) is 5.56 Å². The summed E-state index contributed by atoms with van der Waals surface area (Å²) in [5.74, 6) is 0. The number of rotatable bonds is 3. The maximum atomic E-state index is 5.66. The summed E-state index contributed by atoms with van der Waals surface area (Å²) in [6.45, 7) is 0.664. The lowest BCUT2D eigenvalue weighted by atomic mass is 10.1. The van der Waals surface area contributed by atoms with Crippen LogP contribution in [-0.2, 0) is 0 Å². The molecule has 0 aliphatic rings. The third-order valence-corrected chi connectivity index (χ3v) is 2.03. The van der Waals surface area contributed by atoms with Gasteiger partial charge in [-0.05, 0) is 19.7 Å².